The Kier molecular flexibility index (Phi) is 9.84. The number of Topliss-reactive ketones (excluding diaryl/α,β-unsaturated/α-hetero) is 1. The molecule has 6 rings (SSSR count). The number of hydrogen-bond donors (Lipinski definition) is 4. The third-order valence-corrected chi connectivity index (χ3v) is 9.41. The van der Waals surface area contributed by atoms with Gasteiger partial charge in [0.1, 0.15) is 36.1 Å². The fraction of sp³-hybridized carbons (Fsp3) is 0.429. The maximum atomic E-state index is 13.5. The zero-order valence-corrected chi connectivity index (χ0v) is 27.2. The van der Waals surface area contributed by atoms with E-state index in [9.17, 15) is 44.1 Å². The highest BCUT2D eigenvalue weighted by Crippen LogP contribution is 2.48. The number of aliphatic hydroxyl groups is 1. The topological polar surface area (TPSA) is 215 Å². The van der Waals surface area contributed by atoms with Gasteiger partial charge in [0.15, 0.2) is 17.9 Å². The van der Waals surface area contributed by atoms with E-state index in [1.807, 2.05) is 0 Å². The van der Waals surface area contributed by atoms with Crippen LogP contribution in [0.2, 0.25) is 0 Å². The Morgan fingerprint density at radius 2 is 1.70 bits per heavy atom. The van der Waals surface area contributed by atoms with E-state index in [0.29, 0.717) is 19.3 Å². The Hall–Kier alpha value is -4.96. The first-order valence-electron chi connectivity index (χ1n) is 16.2. The van der Waals surface area contributed by atoms with Crippen molar-refractivity contribution >= 4 is 35.1 Å². The van der Waals surface area contributed by atoms with Gasteiger partial charge in [0.05, 0.1) is 36.5 Å². The number of carbonyl (C=O) groups is 6. The standard InChI is InChI=1S/C35H36N2O13/c1-47-22-6-3-5-20-28(22)34(45)30-29(32(20)43)33(44)21-14-35(46,11-10-19(21)31(30)42)23(38)16-49-27-7-2-4-18(50-27)15-48-17-24(39)36-12-13-37-25(40)8-9-26(37)41/h3,5-6,8-9,18,27,42,44,46H,2,4,7,10-17H2,1H3,(H,36,39)/t18?,27?,35-/m1/s1. The number of ketones is 3. The van der Waals surface area contributed by atoms with Crippen LogP contribution in [0.5, 0.6) is 17.2 Å². The number of fused-ring (bicyclic) bond motifs is 3. The molecular formula is C35H36N2O13. The van der Waals surface area contributed by atoms with Gasteiger partial charge in [0, 0.05) is 48.4 Å². The lowest BCUT2D eigenvalue weighted by molar-refractivity contribution is -0.208. The molecule has 4 aliphatic rings. The average Bonchev–Trinajstić information content (AvgIpc) is 3.43. The number of rotatable bonds is 12. The summed E-state index contributed by atoms with van der Waals surface area (Å²) in [4.78, 5) is 76.6. The van der Waals surface area contributed by atoms with Gasteiger partial charge in [-0.05, 0) is 38.2 Å². The van der Waals surface area contributed by atoms with Crippen LogP contribution < -0.4 is 10.1 Å². The highest BCUT2D eigenvalue weighted by Gasteiger charge is 2.45. The van der Waals surface area contributed by atoms with Crippen LogP contribution >= 0.6 is 0 Å². The fourth-order valence-corrected chi connectivity index (χ4v) is 6.77. The van der Waals surface area contributed by atoms with Crippen LogP contribution in [-0.4, -0.2) is 113 Å². The van der Waals surface area contributed by atoms with Gasteiger partial charge in [-0.25, -0.2) is 0 Å². The molecule has 4 N–H and O–H groups in total. The number of ether oxygens (including phenoxy) is 4. The normalized spacial score (nSPS) is 22.6. The van der Waals surface area contributed by atoms with E-state index in [1.165, 1.54) is 25.3 Å². The van der Waals surface area contributed by atoms with E-state index in [2.05, 4.69) is 5.32 Å². The van der Waals surface area contributed by atoms with Crippen LogP contribution in [0.1, 0.15) is 68.7 Å². The Morgan fingerprint density at radius 3 is 2.44 bits per heavy atom. The molecule has 3 atom stereocenters. The fourth-order valence-electron chi connectivity index (χ4n) is 6.77. The van der Waals surface area contributed by atoms with Crippen molar-refractivity contribution < 1.29 is 63.0 Å². The minimum absolute atomic E-state index is 0.000966. The van der Waals surface area contributed by atoms with Crippen molar-refractivity contribution in [3.8, 4) is 17.2 Å². The van der Waals surface area contributed by atoms with Crippen LogP contribution in [0.15, 0.2) is 30.4 Å². The van der Waals surface area contributed by atoms with E-state index in [-0.39, 0.29) is 72.7 Å². The molecule has 2 aliphatic heterocycles. The second kappa shape index (κ2) is 14.1. The number of hydrogen-bond acceptors (Lipinski definition) is 13. The third-order valence-electron chi connectivity index (χ3n) is 9.41. The number of imide groups is 1. The number of nitrogens with one attached hydrogen (secondary N) is 1. The van der Waals surface area contributed by atoms with Crippen molar-refractivity contribution in [2.45, 2.75) is 56.5 Å². The quantitative estimate of drug-likeness (QED) is 0.152. The average molecular weight is 693 g/mol. The Balaban J connectivity index is 1.02. The summed E-state index contributed by atoms with van der Waals surface area (Å²) in [6.45, 7) is -0.607. The molecule has 0 spiro atoms. The zero-order chi connectivity index (χ0) is 35.7. The molecule has 15 heteroatoms. The number of phenolic OH excluding ortho intramolecular Hbond substituents is 2. The summed E-state index contributed by atoms with van der Waals surface area (Å²) in [7, 11) is 1.35. The van der Waals surface area contributed by atoms with Crippen molar-refractivity contribution in [1.82, 2.24) is 10.2 Å². The van der Waals surface area contributed by atoms with E-state index < -0.39 is 83.2 Å². The molecule has 3 amide bonds. The SMILES string of the molecule is COc1cccc2c1C(=O)c1c(O)c3c(c(O)c1C2=O)C[C@@](O)(C(=O)COC1CCCC(COCC(=O)NCCN2C(=O)C=CC2=O)O1)CC3. The molecule has 2 aliphatic carbocycles. The van der Waals surface area contributed by atoms with Crippen LogP contribution in [-0.2, 0) is 46.2 Å². The largest absolute Gasteiger partial charge is 0.507 e. The third kappa shape index (κ3) is 6.52. The van der Waals surface area contributed by atoms with E-state index >= 15 is 0 Å². The summed E-state index contributed by atoms with van der Waals surface area (Å²) in [6, 6.07) is 4.46. The Morgan fingerprint density at radius 1 is 0.980 bits per heavy atom. The lowest BCUT2D eigenvalue weighted by atomic mass is 9.73. The number of phenols is 2. The second-order valence-electron chi connectivity index (χ2n) is 12.5. The molecule has 0 radical (unpaired) electrons. The predicted molar refractivity (Wildman–Crippen MR) is 170 cm³/mol. The molecule has 2 unspecified atom stereocenters. The highest BCUT2D eigenvalue weighted by molar-refractivity contribution is 6.31. The molecule has 0 aromatic heterocycles. The number of nitrogens with zero attached hydrogens (tertiary/aromatic N) is 1. The summed E-state index contributed by atoms with van der Waals surface area (Å²) in [6.07, 6.45) is 2.26. The van der Waals surface area contributed by atoms with Crippen molar-refractivity contribution in [3.05, 3.63) is 63.7 Å². The molecule has 2 aromatic rings. The molecule has 1 fully saturated rings. The van der Waals surface area contributed by atoms with Crippen molar-refractivity contribution in [1.29, 1.82) is 0 Å². The van der Waals surface area contributed by atoms with Crippen molar-refractivity contribution in [3.63, 3.8) is 0 Å². The maximum absolute atomic E-state index is 13.5. The van der Waals surface area contributed by atoms with E-state index in [4.69, 9.17) is 18.9 Å². The van der Waals surface area contributed by atoms with Crippen LogP contribution in [0.4, 0.5) is 0 Å². The minimum atomic E-state index is -2.00. The lowest BCUT2D eigenvalue weighted by Gasteiger charge is -2.35. The van der Waals surface area contributed by atoms with E-state index in [0.717, 1.165) is 17.1 Å². The number of aromatic hydroxyl groups is 2. The van der Waals surface area contributed by atoms with Crippen molar-refractivity contribution in [2.75, 3.05) is 40.0 Å². The predicted octanol–water partition coefficient (Wildman–Crippen LogP) is 0.640. The van der Waals surface area contributed by atoms with Gasteiger partial charge in [-0.1, -0.05) is 12.1 Å². The van der Waals surface area contributed by atoms with Gasteiger partial charge in [0.2, 0.25) is 11.7 Å². The minimum Gasteiger partial charge on any atom is -0.507 e. The van der Waals surface area contributed by atoms with Crippen molar-refractivity contribution in [2.24, 2.45) is 0 Å². The molecule has 0 saturated carbocycles. The van der Waals surface area contributed by atoms with Crippen LogP contribution in [0.3, 0.4) is 0 Å². The molecule has 15 nitrogen and oxygen atoms in total. The highest BCUT2D eigenvalue weighted by atomic mass is 16.7. The van der Waals surface area contributed by atoms with Crippen LogP contribution in [0, 0.1) is 0 Å². The number of benzene rings is 2. The first-order valence-corrected chi connectivity index (χ1v) is 16.2. The molecule has 2 aromatic carbocycles. The Bertz CT molecular complexity index is 1800. The first kappa shape index (κ1) is 34.9. The Labute approximate surface area is 285 Å². The number of carbonyl (C=O) groups excluding carboxylic acids is 6. The first-order chi connectivity index (χ1) is 23.9. The summed E-state index contributed by atoms with van der Waals surface area (Å²) < 4.78 is 22.3. The molecule has 0 bridgehead atoms. The van der Waals surface area contributed by atoms with Gasteiger partial charge in [-0.2, -0.15) is 0 Å². The molecular weight excluding hydrogens is 656 g/mol. The maximum Gasteiger partial charge on any atom is 0.253 e. The smallest absolute Gasteiger partial charge is 0.253 e. The zero-order valence-electron chi connectivity index (χ0n) is 27.2. The monoisotopic (exact) mass is 692 g/mol. The summed E-state index contributed by atoms with van der Waals surface area (Å²) >= 11 is 0. The van der Waals surface area contributed by atoms with Gasteiger partial charge in [0.25, 0.3) is 11.8 Å². The summed E-state index contributed by atoms with van der Waals surface area (Å²) in [5.74, 6) is -4.30. The summed E-state index contributed by atoms with van der Waals surface area (Å²) in [5.41, 5.74) is -2.59. The van der Waals surface area contributed by atoms with Gasteiger partial charge < -0.3 is 39.6 Å². The molecule has 264 valence electrons. The molecule has 50 heavy (non-hydrogen) atoms. The van der Waals surface area contributed by atoms with Gasteiger partial charge in [-0.15, -0.1) is 0 Å². The molecule has 1 saturated heterocycles. The number of amides is 3. The second-order valence-corrected chi connectivity index (χ2v) is 12.5. The number of methoxy groups -OCH3 is 1. The lowest BCUT2D eigenvalue weighted by Crippen LogP contribution is -2.47. The summed E-state index contributed by atoms with van der Waals surface area (Å²) in [5, 5.41) is 36.5. The molecule has 2 heterocycles. The van der Waals surface area contributed by atoms with E-state index in [1.54, 1.807) is 0 Å². The van der Waals surface area contributed by atoms with Crippen LogP contribution in [0.25, 0.3) is 0 Å². The van der Waals surface area contributed by atoms with Gasteiger partial charge >= 0.3 is 0 Å². The van der Waals surface area contributed by atoms with Gasteiger partial charge in [-0.3, -0.25) is 33.7 Å².